The maximum absolute atomic E-state index is 12.5. The summed E-state index contributed by atoms with van der Waals surface area (Å²) in [6.07, 6.45) is 33.0. The summed E-state index contributed by atoms with van der Waals surface area (Å²) in [5, 5.41) is 22.4. The second-order valence-electron chi connectivity index (χ2n) is 13.0. The smallest absolute Gasteiger partial charge is 0.328 e. The number of unbranched alkanes of at least 4 members (excludes halogenated alkanes) is 20. The molecule has 47 heavy (non-hydrogen) atoms. The minimum Gasteiger partial charge on any atom is -0.480 e. The average molecular weight is 667 g/mol. The Morgan fingerprint density at radius 3 is 1.62 bits per heavy atom. The number of hydrogen-bond donors (Lipinski definition) is 4. The van der Waals surface area contributed by atoms with Crippen LogP contribution in [0.3, 0.4) is 0 Å². The first-order valence-electron chi connectivity index (χ1n) is 19.1. The fourth-order valence-corrected chi connectivity index (χ4v) is 5.51. The van der Waals surface area contributed by atoms with Crippen molar-refractivity contribution in [2.24, 2.45) is 0 Å². The third-order valence-electron chi connectivity index (χ3n) is 8.48. The van der Waals surface area contributed by atoms with Gasteiger partial charge >= 0.3 is 11.9 Å². The molecule has 0 aromatic heterocycles. The van der Waals surface area contributed by atoms with E-state index in [4.69, 9.17) is 14.9 Å². The van der Waals surface area contributed by atoms with Crippen LogP contribution in [0.25, 0.3) is 0 Å². The first-order chi connectivity index (χ1) is 22.8. The second kappa shape index (κ2) is 33.5. The zero-order valence-corrected chi connectivity index (χ0v) is 30.0. The van der Waals surface area contributed by atoms with Gasteiger partial charge in [0.05, 0.1) is 13.2 Å². The third kappa shape index (κ3) is 30.7. The van der Waals surface area contributed by atoms with E-state index in [0.717, 1.165) is 51.4 Å². The predicted octanol–water partition coefficient (Wildman–Crippen LogP) is 8.31. The maximum Gasteiger partial charge on any atom is 0.328 e. The number of ether oxygens (including phenoxy) is 1. The Kier molecular flexibility index (Phi) is 31.8. The number of amides is 2. The molecule has 0 bridgehead atoms. The van der Waals surface area contributed by atoms with Crippen LogP contribution in [-0.4, -0.2) is 59.3 Å². The summed E-state index contributed by atoms with van der Waals surface area (Å²) >= 11 is 0. The van der Waals surface area contributed by atoms with Gasteiger partial charge in [-0.3, -0.25) is 14.4 Å². The summed E-state index contributed by atoms with van der Waals surface area (Å²) < 4.78 is 5.80. The van der Waals surface area contributed by atoms with Gasteiger partial charge in [0.2, 0.25) is 11.8 Å². The number of carbonyl (C=O) groups excluding carboxylic acids is 3. The fraction of sp³-hybridized carbons (Fsp3) is 0.842. The highest BCUT2D eigenvalue weighted by Crippen LogP contribution is 2.16. The largest absolute Gasteiger partial charge is 0.480 e. The van der Waals surface area contributed by atoms with Gasteiger partial charge in [0, 0.05) is 12.8 Å². The van der Waals surface area contributed by atoms with E-state index < -0.39 is 24.5 Å². The Hall–Kier alpha value is -2.42. The van der Waals surface area contributed by atoms with Crippen LogP contribution in [0.5, 0.6) is 0 Å². The number of aliphatic carboxylic acids is 1. The van der Waals surface area contributed by atoms with Crippen LogP contribution in [0.15, 0.2) is 12.2 Å². The van der Waals surface area contributed by atoms with Crippen molar-refractivity contribution < 1.29 is 34.1 Å². The van der Waals surface area contributed by atoms with Crippen molar-refractivity contribution in [2.45, 2.75) is 193 Å². The zero-order chi connectivity index (χ0) is 34.8. The van der Waals surface area contributed by atoms with Crippen LogP contribution in [0, 0.1) is 0 Å². The van der Waals surface area contributed by atoms with Gasteiger partial charge in [-0.1, -0.05) is 142 Å². The lowest BCUT2D eigenvalue weighted by atomic mass is 10.0. The standard InChI is InChI=1S/C38H70N2O7/c1-3-5-7-8-9-10-11-12-13-14-15-16-17-18-19-20-26-30-37(44)47-33(27-23-6-4-2)28-24-21-22-25-29-35(42)39-31-36(43)40-34(32-41)38(45)46/h23,27,33-34,41H,3-22,24-26,28-32H2,1-2H3,(H,39,42)(H,40,43)(H,45,46)/b27-23-. The molecule has 0 aliphatic carbocycles. The lowest BCUT2D eigenvalue weighted by molar-refractivity contribution is -0.147. The molecule has 0 aromatic carbocycles. The SMILES string of the molecule is CCC/C=C\C(CCCCCCC(=O)NCC(=O)NC(CO)C(=O)O)OC(=O)CCCCCCCCCCCCCCCCCCC. The van der Waals surface area contributed by atoms with Gasteiger partial charge in [0.15, 0.2) is 0 Å². The summed E-state index contributed by atoms with van der Waals surface area (Å²) in [5.74, 6) is -2.40. The monoisotopic (exact) mass is 667 g/mol. The molecule has 0 aliphatic heterocycles. The lowest BCUT2D eigenvalue weighted by Gasteiger charge is -2.15. The molecule has 0 saturated heterocycles. The third-order valence-corrected chi connectivity index (χ3v) is 8.48. The summed E-state index contributed by atoms with van der Waals surface area (Å²) in [7, 11) is 0. The number of rotatable bonds is 34. The van der Waals surface area contributed by atoms with Crippen molar-refractivity contribution in [3.05, 3.63) is 12.2 Å². The number of carbonyl (C=O) groups is 4. The van der Waals surface area contributed by atoms with Crippen LogP contribution in [0.1, 0.15) is 181 Å². The highest BCUT2D eigenvalue weighted by atomic mass is 16.5. The van der Waals surface area contributed by atoms with Crippen LogP contribution < -0.4 is 10.6 Å². The van der Waals surface area contributed by atoms with Crippen molar-refractivity contribution >= 4 is 23.8 Å². The lowest BCUT2D eigenvalue weighted by Crippen LogP contribution is -2.47. The Labute approximate surface area is 286 Å². The van der Waals surface area contributed by atoms with Crippen LogP contribution >= 0.6 is 0 Å². The predicted molar refractivity (Wildman–Crippen MR) is 190 cm³/mol. The molecule has 2 unspecified atom stereocenters. The molecule has 9 nitrogen and oxygen atoms in total. The Morgan fingerprint density at radius 1 is 0.638 bits per heavy atom. The Bertz CT molecular complexity index is 818. The van der Waals surface area contributed by atoms with E-state index >= 15 is 0 Å². The summed E-state index contributed by atoms with van der Waals surface area (Å²) in [6, 6.07) is -1.39. The first kappa shape index (κ1) is 44.6. The quantitative estimate of drug-likeness (QED) is 0.0307. The van der Waals surface area contributed by atoms with E-state index in [0.29, 0.717) is 12.8 Å². The van der Waals surface area contributed by atoms with E-state index in [1.807, 2.05) is 6.08 Å². The number of allylic oxidation sites excluding steroid dienone is 1. The summed E-state index contributed by atoms with van der Waals surface area (Å²) in [4.78, 5) is 47.1. The van der Waals surface area contributed by atoms with Gasteiger partial charge in [-0.15, -0.1) is 0 Å². The number of carboxylic acids is 1. The molecule has 274 valence electrons. The molecule has 0 aliphatic rings. The van der Waals surface area contributed by atoms with Crippen molar-refractivity contribution in [3.8, 4) is 0 Å². The number of nitrogens with one attached hydrogen (secondary N) is 2. The number of aliphatic hydroxyl groups excluding tert-OH is 1. The molecule has 0 heterocycles. The number of esters is 1. The maximum atomic E-state index is 12.5. The van der Waals surface area contributed by atoms with Crippen molar-refractivity contribution in [1.82, 2.24) is 10.6 Å². The molecule has 0 radical (unpaired) electrons. The van der Waals surface area contributed by atoms with Gasteiger partial charge in [-0.2, -0.15) is 0 Å². The molecule has 9 heteroatoms. The summed E-state index contributed by atoms with van der Waals surface area (Å²) in [6.45, 7) is 3.34. The van der Waals surface area contributed by atoms with Crippen LogP contribution in [0.4, 0.5) is 0 Å². The number of carboxylic acid groups (broad SMARTS) is 1. The van der Waals surface area contributed by atoms with Gasteiger partial charge in [-0.05, 0) is 38.2 Å². The van der Waals surface area contributed by atoms with E-state index in [1.54, 1.807) is 0 Å². The van der Waals surface area contributed by atoms with Gasteiger partial charge < -0.3 is 25.6 Å². The topological polar surface area (TPSA) is 142 Å². The first-order valence-corrected chi connectivity index (χ1v) is 19.1. The Balaban J connectivity index is 3.90. The van der Waals surface area contributed by atoms with E-state index in [-0.39, 0.29) is 30.9 Å². The molecule has 2 amide bonds. The van der Waals surface area contributed by atoms with Crippen molar-refractivity contribution in [3.63, 3.8) is 0 Å². The minimum atomic E-state index is -1.39. The van der Waals surface area contributed by atoms with Crippen molar-refractivity contribution in [2.75, 3.05) is 13.2 Å². The molecule has 4 N–H and O–H groups in total. The van der Waals surface area contributed by atoms with Crippen LogP contribution in [0.2, 0.25) is 0 Å². The average Bonchev–Trinajstić information content (AvgIpc) is 3.05. The molecule has 0 saturated carbocycles. The highest BCUT2D eigenvalue weighted by Gasteiger charge is 2.18. The normalized spacial score (nSPS) is 12.6. The number of aliphatic hydroxyl groups is 1. The minimum absolute atomic E-state index is 0.119. The van der Waals surface area contributed by atoms with E-state index in [2.05, 4.69) is 30.6 Å². The molecule has 2 atom stereocenters. The fourth-order valence-electron chi connectivity index (χ4n) is 5.51. The van der Waals surface area contributed by atoms with Gasteiger partial charge in [0.1, 0.15) is 12.1 Å². The molecule has 0 fully saturated rings. The Morgan fingerprint density at radius 2 is 1.13 bits per heavy atom. The van der Waals surface area contributed by atoms with Crippen molar-refractivity contribution in [1.29, 1.82) is 0 Å². The molecular formula is C38H70N2O7. The summed E-state index contributed by atoms with van der Waals surface area (Å²) in [5.41, 5.74) is 0. The van der Waals surface area contributed by atoms with Gasteiger partial charge in [0.25, 0.3) is 0 Å². The number of hydrogen-bond acceptors (Lipinski definition) is 6. The molecule has 0 spiro atoms. The van der Waals surface area contributed by atoms with Gasteiger partial charge in [-0.25, -0.2) is 4.79 Å². The van der Waals surface area contributed by atoms with Crippen LogP contribution in [-0.2, 0) is 23.9 Å². The van der Waals surface area contributed by atoms with E-state index in [9.17, 15) is 19.2 Å². The molecular weight excluding hydrogens is 596 g/mol. The highest BCUT2D eigenvalue weighted by molar-refractivity contribution is 5.87. The van der Waals surface area contributed by atoms with E-state index in [1.165, 1.54) is 96.3 Å². The zero-order valence-electron chi connectivity index (χ0n) is 30.0. The second-order valence-corrected chi connectivity index (χ2v) is 13.0. The molecule has 0 rings (SSSR count). The molecule has 0 aromatic rings.